The predicted octanol–water partition coefficient (Wildman–Crippen LogP) is 4.35. The zero-order chi connectivity index (χ0) is 13.9. The Bertz CT molecular complexity index is 602. The zero-order valence-corrected chi connectivity index (χ0v) is 12.1. The van der Waals surface area contributed by atoms with Crippen LogP contribution in [-0.4, -0.2) is 6.04 Å². The number of hydrogen-bond donors (Lipinski definition) is 1. The highest BCUT2D eigenvalue weighted by molar-refractivity contribution is 5.42. The Hall–Kier alpha value is -1.80. The minimum absolute atomic E-state index is 0.735. The van der Waals surface area contributed by atoms with E-state index < -0.39 is 0 Å². The average molecular weight is 267 g/mol. The molecule has 0 heterocycles. The van der Waals surface area contributed by atoms with Crippen LogP contribution in [0.4, 0.5) is 0 Å². The molecule has 104 valence electrons. The van der Waals surface area contributed by atoms with Crippen molar-refractivity contribution in [1.82, 2.24) is 5.32 Å². The summed E-state index contributed by atoms with van der Waals surface area (Å²) in [6.07, 6.45) is 2.64. The maximum atomic E-state index is 6.03. The molecule has 0 aliphatic heterocycles. The normalized spacial score (nSPS) is 14.3. The number of hydrogen-bond acceptors (Lipinski definition) is 2. The van der Waals surface area contributed by atoms with Crippen molar-refractivity contribution in [3.05, 3.63) is 59.2 Å². The van der Waals surface area contributed by atoms with Gasteiger partial charge >= 0.3 is 0 Å². The van der Waals surface area contributed by atoms with Crippen LogP contribution >= 0.6 is 0 Å². The van der Waals surface area contributed by atoms with Gasteiger partial charge in [0.1, 0.15) is 11.5 Å². The highest BCUT2D eigenvalue weighted by atomic mass is 16.5. The molecule has 0 saturated heterocycles. The van der Waals surface area contributed by atoms with Gasteiger partial charge in [-0.3, -0.25) is 0 Å². The summed E-state index contributed by atoms with van der Waals surface area (Å²) in [5.74, 6) is 1.85. The van der Waals surface area contributed by atoms with Gasteiger partial charge in [-0.1, -0.05) is 24.3 Å². The fourth-order valence-electron chi connectivity index (χ4n) is 2.23. The number of rotatable bonds is 5. The van der Waals surface area contributed by atoms with Crippen LogP contribution in [0.3, 0.4) is 0 Å². The molecule has 2 aromatic carbocycles. The van der Waals surface area contributed by atoms with Crippen molar-refractivity contribution < 1.29 is 4.74 Å². The lowest BCUT2D eigenvalue weighted by Crippen LogP contribution is -2.15. The Balaban J connectivity index is 1.72. The zero-order valence-electron chi connectivity index (χ0n) is 12.1. The third-order valence-corrected chi connectivity index (χ3v) is 3.85. The number of ether oxygens (including phenoxy) is 1. The standard InChI is InChI=1S/C18H21NO/c1-13-5-3-8-18(14(13)2)20-17-7-4-6-15(11-17)12-19-16-9-10-16/h3-8,11,16,19H,9-10,12H2,1-2H3. The van der Waals surface area contributed by atoms with E-state index in [1.165, 1.54) is 29.5 Å². The second kappa shape index (κ2) is 5.68. The quantitative estimate of drug-likeness (QED) is 0.869. The van der Waals surface area contributed by atoms with Gasteiger partial charge in [-0.2, -0.15) is 0 Å². The molecule has 1 fully saturated rings. The molecule has 2 nitrogen and oxygen atoms in total. The Kier molecular flexibility index (Phi) is 3.75. The highest BCUT2D eigenvalue weighted by Gasteiger charge is 2.19. The van der Waals surface area contributed by atoms with Crippen LogP contribution in [-0.2, 0) is 6.54 Å². The summed E-state index contributed by atoms with van der Waals surface area (Å²) in [5.41, 5.74) is 3.74. The van der Waals surface area contributed by atoms with Gasteiger partial charge in [0.05, 0.1) is 0 Å². The van der Waals surface area contributed by atoms with Crippen molar-refractivity contribution in [2.75, 3.05) is 0 Å². The molecule has 1 saturated carbocycles. The minimum Gasteiger partial charge on any atom is -0.457 e. The minimum atomic E-state index is 0.735. The third-order valence-electron chi connectivity index (χ3n) is 3.85. The van der Waals surface area contributed by atoms with E-state index in [1.54, 1.807) is 0 Å². The van der Waals surface area contributed by atoms with E-state index in [0.29, 0.717) is 0 Å². The lowest BCUT2D eigenvalue weighted by atomic mass is 10.1. The van der Waals surface area contributed by atoms with E-state index in [0.717, 1.165) is 24.1 Å². The summed E-state index contributed by atoms with van der Waals surface area (Å²) >= 11 is 0. The monoisotopic (exact) mass is 267 g/mol. The SMILES string of the molecule is Cc1cccc(Oc2cccc(CNC3CC3)c2)c1C. The highest BCUT2D eigenvalue weighted by Crippen LogP contribution is 2.27. The lowest BCUT2D eigenvalue weighted by Gasteiger charge is -2.11. The smallest absolute Gasteiger partial charge is 0.130 e. The first kappa shape index (κ1) is 13.2. The van der Waals surface area contributed by atoms with E-state index in [2.05, 4.69) is 43.4 Å². The Morgan fingerprint density at radius 3 is 2.70 bits per heavy atom. The van der Waals surface area contributed by atoms with Gasteiger partial charge in [0.15, 0.2) is 0 Å². The van der Waals surface area contributed by atoms with Crippen LogP contribution in [0.25, 0.3) is 0 Å². The van der Waals surface area contributed by atoms with E-state index in [9.17, 15) is 0 Å². The summed E-state index contributed by atoms with van der Waals surface area (Å²) in [7, 11) is 0. The summed E-state index contributed by atoms with van der Waals surface area (Å²) in [4.78, 5) is 0. The average Bonchev–Trinajstić information content (AvgIpc) is 3.26. The van der Waals surface area contributed by atoms with Crippen molar-refractivity contribution in [2.45, 2.75) is 39.3 Å². The molecule has 1 N–H and O–H groups in total. The van der Waals surface area contributed by atoms with Crippen LogP contribution in [0.5, 0.6) is 11.5 Å². The number of benzene rings is 2. The van der Waals surface area contributed by atoms with Crippen molar-refractivity contribution in [2.24, 2.45) is 0 Å². The topological polar surface area (TPSA) is 21.3 Å². The second-order valence-electron chi connectivity index (χ2n) is 5.60. The van der Waals surface area contributed by atoms with Crippen molar-refractivity contribution in [3.63, 3.8) is 0 Å². The predicted molar refractivity (Wildman–Crippen MR) is 82.3 cm³/mol. The van der Waals surface area contributed by atoms with Gasteiger partial charge in [-0.15, -0.1) is 0 Å². The molecule has 0 aromatic heterocycles. The first-order valence-electron chi connectivity index (χ1n) is 7.29. The summed E-state index contributed by atoms with van der Waals surface area (Å²) < 4.78 is 6.03. The maximum absolute atomic E-state index is 6.03. The molecule has 2 aromatic rings. The fourth-order valence-corrected chi connectivity index (χ4v) is 2.23. The Labute approximate surface area is 120 Å². The van der Waals surface area contributed by atoms with Gasteiger partial charge in [-0.25, -0.2) is 0 Å². The molecule has 0 atom stereocenters. The molecule has 0 radical (unpaired) electrons. The van der Waals surface area contributed by atoms with Crippen LogP contribution in [0.15, 0.2) is 42.5 Å². The second-order valence-corrected chi connectivity index (χ2v) is 5.60. The first-order chi connectivity index (χ1) is 9.72. The van der Waals surface area contributed by atoms with Gasteiger partial charge in [0.2, 0.25) is 0 Å². The van der Waals surface area contributed by atoms with Crippen molar-refractivity contribution in [3.8, 4) is 11.5 Å². The van der Waals surface area contributed by atoms with E-state index in [1.807, 2.05) is 18.2 Å². The van der Waals surface area contributed by atoms with Crippen LogP contribution < -0.4 is 10.1 Å². The Morgan fingerprint density at radius 1 is 1.10 bits per heavy atom. The summed E-state index contributed by atoms with van der Waals surface area (Å²) in [5, 5.41) is 3.53. The molecule has 2 heteroatoms. The largest absolute Gasteiger partial charge is 0.457 e. The van der Waals surface area contributed by atoms with Gasteiger partial charge in [0.25, 0.3) is 0 Å². The van der Waals surface area contributed by atoms with E-state index in [-0.39, 0.29) is 0 Å². The van der Waals surface area contributed by atoms with Crippen LogP contribution in [0, 0.1) is 13.8 Å². The molecule has 0 unspecified atom stereocenters. The van der Waals surface area contributed by atoms with E-state index in [4.69, 9.17) is 4.74 Å². The van der Waals surface area contributed by atoms with Gasteiger partial charge in [0, 0.05) is 12.6 Å². The molecular formula is C18H21NO. The maximum Gasteiger partial charge on any atom is 0.130 e. The lowest BCUT2D eigenvalue weighted by molar-refractivity contribution is 0.477. The molecule has 0 amide bonds. The molecule has 0 bridgehead atoms. The molecule has 3 rings (SSSR count). The van der Waals surface area contributed by atoms with E-state index >= 15 is 0 Å². The first-order valence-corrected chi connectivity index (χ1v) is 7.29. The summed E-state index contributed by atoms with van der Waals surface area (Å²) in [6, 6.07) is 15.2. The Morgan fingerprint density at radius 2 is 1.90 bits per heavy atom. The molecular weight excluding hydrogens is 246 g/mol. The molecule has 1 aliphatic carbocycles. The van der Waals surface area contributed by atoms with Crippen molar-refractivity contribution in [1.29, 1.82) is 0 Å². The molecule has 20 heavy (non-hydrogen) atoms. The summed E-state index contributed by atoms with van der Waals surface area (Å²) in [6.45, 7) is 5.13. The van der Waals surface area contributed by atoms with Gasteiger partial charge in [-0.05, 0) is 61.6 Å². The molecule has 0 spiro atoms. The van der Waals surface area contributed by atoms with Gasteiger partial charge < -0.3 is 10.1 Å². The number of nitrogens with one attached hydrogen (secondary N) is 1. The fraction of sp³-hybridized carbons (Fsp3) is 0.333. The number of aryl methyl sites for hydroxylation is 1. The van der Waals surface area contributed by atoms with Crippen LogP contribution in [0.1, 0.15) is 29.5 Å². The third kappa shape index (κ3) is 3.20. The molecule has 1 aliphatic rings. The van der Waals surface area contributed by atoms with Crippen molar-refractivity contribution >= 4 is 0 Å². The van der Waals surface area contributed by atoms with Crippen LogP contribution in [0.2, 0.25) is 0 Å².